The van der Waals surface area contributed by atoms with E-state index in [-0.39, 0.29) is 13.2 Å². The predicted octanol–water partition coefficient (Wildman–Crippen LogP) is -0.669. The van der Waals surface area contributed by atoms with Crippen LogP contribution in [0.1, 0.15) is 5.56 Å². The van der Waals surface area contributed by atoms with Gasteiger partial charge in [0.25, 0.3) is 0 Å². The van der Waals surface area contributed by atoms with E-state index < -0.39 is 0 Å². The fourth-order valence-corrected chi connectivity index (χ4v) is 1.44. The molecule has 1 aromatic heterocycles. The van der Waals surface area contributed by atoms with Gasteiger partial charge >= 0.3 is 0 Å². The maximum atomic E-state index is 8.91. The van der Waals surface area contributed by atoms with E-state index in [1.54, 1.807) is 6.20 Å². The minimum atomic E-state index is 0.0284. The van der Waals surface area contributed by atoms with E-state index >= 15 is 0 Å². The summed E-state index contributed by atoms with van der Waals surface area (Å²) in [5.41, 5.74) is 6.51. The molecular weight excluding hydrogens is 194 g/mol. The average molecular weight is 211 g/mol. The lowest BCUT2D eigenvalue weighted by atomic mass is 10.2. The summed E-state index contributed by atoms with van der Waals surface area (Å²) in [5.74, 6) is 0.739. The van der Waals surface area contributed by atoms with Crippen molar-refractivity contribution < 1.29 is 10.2 Å². The lowest BCUT2D eigenvalue weighted by Gasteiger charge is -2.23. The molecule has 0 saturated heterocycles. The van der Waals surface area contributed by atoms with Gasteiger partial charge in [0, 0.05) is 31.4 Å². The van der Waals surface area contributed by atoms with Gasteiger partial charge in [-0.2, -0.15) is 0 Å². The molecule has 0 aliphatic rings. The highest BCUT2D eigenvalue weighted by molar-refractivity contribution is 5.46. The number of nitrogens with two attached hydrogens (primary N) is 1. The molecule has 0 aromatic carbocycles. The Hall–Kier alpha value is -1.17. The third kappa shape index (κ3) is 3.16. The summed E-state index contributed by atoms with van der Waals surface area (Å²) in [7, 11) is 0. The molecule has 0 saturated carbocycles. The molecule has 4 N–H and O–H groups in total. The van der Waals surface area contributed by atoms with Crippen molar-refractivity contribution in [2.24, 2.45) is 5.73 Å². The fourth-order valence-electron chi connectivity index (χ4n) is 1.44. The molecule has 0 atom stereocenters. The number of aliphatic hydroxyl groups excluding tert-OH is 2. The second-order valence-corrected chi connectivity index (χ2v) is 3.12. The van der Waals surface area contributed by atoms with E-state index in [4.69, 9.17) is 15.9 Å². The fraction of sp³-hybridized carbons (Fsp3) is 0.500. The van der Waals surface area contributed by atoms with Crippen molar-refractivity contribution in [3.8, 4) is 0 Å². The molecule has 5 nitrogen and oxygen atoms in total. The first-order chi connectivity index (χ1) is 7.33. The van der Waals surface area contributed by atoms with Gasteiger partial charge in [-0.25, -0.2) is 4.98 Å². The zero-order valence-electron chi connectivity index (χ0n) is 8.63. The number of aliphatic hydroxyl groups is 2. The lowest BCUT2D eigenvalue weighted by molar-refractivity contribution is 0.280. The van der Waals surface area contributed by atoms with Crippen molar-refractivity contribution >= 4 is 5.82 Å². The SMILES string of the molecule is NCc1cccnc1N(CCO)CCO. The maximum absolute atomic E-state index is 8.91. The molecule has 0 fully saturated rings. The van der Waals surface area contributed by atoms with Crippen LogP contribution in [0.2, 0.25) is 0 Å². The zero-order valence-corrected chi connectivity index (χ0v) is 8.63. The number of rotatable bonds is 6. The summed E-state index contributed by atoms with van der Waals surface area (Å²) in [6.07, 6.45) is 1.68. The van der Waals surface area contributed by atoms with Crippen molar-refractivity contribution in [1.82, 2.24) is 4.98 Å². The Balaban J connectivity index is 2.88. The van der Waals surface area contributed by atoms with Gasteiger partial charge in [-0.05, 0) is 6.07 Å². The molecule has 0 unspecified atom stereocenters. The molecule has 0 aliphatic heterocycles. The summed E-state index contributed by atoms with van der Waals surface area (Å²) < 4.78 is 0. The molecule has 84 valence electrons. The van der Waals surface area contributed by atoms with Crippen molar-refractivity contribution in [3.63, 3.8) is 0 Å². The molecule has 15 heavy (non-hydrogen) atoms. The van der Waals surface area contributed by atoms with Gasteiger partial charge in [0.05, 0.1) is 13.2 Å². The van der Waals surface area contributed by atoms with E-state index in [0.717, 1.165) is 11.4 Å². The first-order valence-corrected chi connectivity index (χ1v) is 4.94. The maximum Gasteiger partial charge on any atom is 0.133 e. The van der Waals surface area contributed by atoms with E-state index in [2.05, 4.69) is 4.98 Å². The highest BCUT2D eigenvalue weighted by Crippen LogP contribution is 2.15. The van der Waals surface area contributed by atoms with Crippen LogP contribution >= 0.6 is 0 Å². The average Bonchev–Trinajstić information content (AvgIpc) is 2.29. The van der Waals surface area contributed by atoms with E-state index in [1.807, 2.05) is 17.0 Å². The van der Waals surface area contributed by atoms with Gasteiger partial charge in [0.2, 0.25) is 0 Å². The van der Waals surface area contributed by atoms with Crippen molar-refractivity contribution in [1.29, 1.82) is 0 Å². The van der Waals surface area contributed by atoms with Gasteiger partial charge in [-0.1, -0.05) is 6.07 Å². The summed E-state index contributed by atoms with van der Waals surface area (Å²) in [4.78, 5) is 6.03. The van der Waals surface area contributed by atoms with E-state index in [0.29, 0.717) is 19.6 Å². The highest BCUT2D eigenvalue weighted by atomic mass is 16.3. The highest BCUT2D eigenvalue weighted by Gasteiger charge is 2.10. The van der Waals surface area contributed by atoms with Crippen LogP contribution in [0.15, 0.2) is 18.3 Å². The number of hydrogen-bond donors (Lipinski definition) is 3. The van der Waals surface area contributed by atoms with Crippen LogP contribution < -0.4 is 10.6 Å². The normalized spacial score (nSPS) is 10.3. The Bertz CT molecular complexity index is 288. The number of anilines is 1. The van der Waals surface area contributed by atoms with Gasteiger partial charge < -0.3 is 20.8 Å². The van der Waals surface area contributed by atoms with Crippen molar-refractivity contribution in [3.05, 3.63) is 23.9 Å². The molecule has 1 heterocycles. The summed E-state index contributed by atoms with van der Waals surface area (Å²) in [6, 6.07) is 3.71. The molecule has 1 aromatic rings. The molecular formula is C10H17N3O2. The Kier molecular flexibility index (Phi) is 5.03. The summed E-state index contributed by atoms with van der Waals surface area (Å²) in [6.45, 7) is 1.35. The van der Waals surface area contributed by atoms with Gasteiger partial charge in [0.15, 0.2) is 0 Å². The summed E-state index contributed by atoms with van der Waals surface area (Å²) in [5, 5.41) is 17.8. The standard InChI is InChI=1S/C10H17N3O2/c11-8-9-2-1-3-12-10(9)13(4-6-14)5-7-15/h1-3,14-15H,4-8,11H2. The first kappa shape index (κ1) is 11.9. The van der Waals surface area contributed by atoms with Crippen molar-refractivity contribution in [2.45, 2.75) is 6.54 Å². The minimum absolute atomic E-state index is 0.0284. The third-order valence-corrected chi connectivity index (χ3v) is 2.13. The number of nitrogens with zero attached hydrogens (tertiary/aromatic N) is 2. The van der Waals surface area contributed by atoms with Gasteiger partial charge in [0.1, 0.15) is 5.82 Å². The Labute approximate surface area is 89.2 Å². The van der Waals surface area contributed by atoms with Crippen LogP contribution in [-0.2, 0) is 6.54 Å². The van der Waals surface area contributed by atoms with Crippen LogP contribution in [0.5, 0.6) is 0 Å². The predicted molar refractivity (Wildman–Crippen MR) is 58.5 cm³/mol. The minimum Gasteiger partial charge on any atom is -0.395 e. The Morgan fingerprint density at radius 3 is 2.47 bits per heavy atom. The van der Waals surface area contributed by atoms with Crippen LogP contribution in [0.3, 0.4) is 0 Å². The first-order valence-electron chi connectivity index (χ1n) is 4.94. The molecule has 0 spiro atoms. The number of pyridine rings is 1. The van der Waals surface area contributed by atoms with Gasteiger partial charge in [-0.3, -0.25) is 0 Å². The largest absolute Gasteiger partial charge is 0.395 e. The second-order valence-electron chi connectivity index (χ2n) is 3.12. The molecule has 0 amide bonds. The number of hydrogen-bond acceptors (Lipinski definition) is 5. The molecule has 0 bridgehead atoms. The van der Waals surface area contributed by atoms with Crippen LogP contribution in [-0.4, -0.2) is 41.5 Å². The smallest absolute Gasteiger partial charge is 0.133 e. The Morgan fingerprint density at radius 2 is 1.93 bits per heavy atom. The number of aromatic nitrogens is 1. The zero-order chi connectivity index (χ0) is 11.1. The van der Waals surface area contributed by atoms with Crippen LogP contribution in [0.25, 0.3) is 0 Å². The lowest BCUT2D eigenvalue weighted by Crippen LogP contribution is -2.31. The van der Waals surface area contributed by atoms with Crippen LogP contribution in [0.4, 0.5) is 5.82 Å². The van der Waals surface area contributed by atoms with Gasteiger partial charge in [-0.15, -0.1) is 0 Å². The molecule has 1 rings (SSSR count). The third-order valence-electron chi connectivity index (χ3n) is 2.13. The molecule has 5 heteroatoms. The quantitative estimate of drug-likeness (QED) is 0.581. The van der Waals surface area contributed by atoms with Crippen molar-refractivity contribution in [2.75, 3.05) is 31.2 Å². The van der Waals surface area contributed by atoms with E-state index in [1.165, 1.54) is 0 Å². The second kappa shape index (κ2) is 6.34. The topological polar surface area (TPSA) is 82.6 Å². The van der Waals surface area contributed by atoms with E-state index in [9.17, 15) is 0 Å². The molecule has 0 aliphatic carbocycles. The molecule has 0 radical (unpaired) electrons. The Morgan fingerprint density at radius 1 is 1.27 bits per heavy atom. The summed E-state index contributed by atoms with van der Waals surface area (Å²) >= 11 is 0. The van der Waals surface area contributed by atoms with Crippen LogP contribution in [0, 0.1) is 0 Å². The monoisotopic (exact) mass is 211 g/mol.